The molecule has 10 heteroatoms. The lowest BCUT2D eigenvalue weighted by atomic mass is 9.97. The predicted molar refractivity (Wildman–Crippen MR) is 131 cm³/mol. The van der Waals surface area contributed by atoms with E-state index in [0.29, 0.717) is 39.0 Å². The number of hydrogen-bond acceptors (Lipinski definition) is 5. The second-order valence-corrected chi connectivity index (χ2v) is 8.62. The Labute approximate surface area is 199 Å². The van der Waals surface area contributed by atoms with Crippen LogP contribution in [0.3, 0.4) is 0 Å². The standard InChI is InChI=1S/C24H21ClFN7O/c1-28-22-19(33-7-3-4-8-33)10-17(25)21(26)20(22)23-16(12-29-32(23)2)13-5-6-14-15(9-13)18(11-27)30-31-24(14)34/h5-6,9-10,12H,3-4,7-8,11,27H2,2H3,(H,31,34). The molecule has 0 radical (unpaired) electrons. The van der Waals surface area contributed by atoms with Crippen LogP contribution < -0.4 is 16.2 Å². The number of nitrogens with zero attached hydrogens (tertiary/aromatic N) is 5. The smallest absolute Gasteiger partial charge is 0.272 e. The zero-order chi connectivity index (χ0) is 24.0. The Morgan fingerprint density at radius 1 is 1.26 bits per heavy atom. The average molecular weight is 478 g/mol. The van der Waals surface area contributed by atoms with Crippen molar-refractivity contribution in [1.29, 1.82) is 0 Å². The molecule has 1 fully saturated rings. The van der Waals surface area contributed by atoms with E-state index in [1.807, 2.05) is 0 Å². The molecule has 1 saturated heterocycles. The van der Waals surface area contributed by atoms with Crippen LogP contribution in [0.5, 0.6) is 0 Å². The highest BCUT2D eigenvalue weighted by molar-refractivity contribution is 6.31. The maximum atomic E-state index is 15.6. The van der Waals surface area contributed by atoms with E-state index in [0.717, 1.165) is 25.9 Å². The number of halogens is 2. The van der Waals surface area contributed by atoms with Crippen LogP contribution in [0, 0.1) is 12.4 Å². The fourth-order valence-corrected chi connectivity index (χ4v) is 4.82. The van der Waals surface area contributed by atoms with Gasteiger partial charge in [0.1, 0.15) is 5.82 Å². The summed E-state index contributed by atoms with van der Waals surface area (Å²) in [5, 5.41) is 11.9. The van der Waals surface area contributed by atoms with Crippen LogP contribution in [0.2, 0.25) is 5.02 Å². The number of nitrogens with two attached hydrogens (primary N) is 1. The fourth-order valence-electron chi connectivity index (χ4n) is 4.62. The molecule has 3 heterocycles. The Morgan fingerprint density at radius 3 is 2.74 bits per heavy atom. The van der Waals surface area contributed by atoms with Gasteiger partial charge in [-0.2, -0.15) is 10.2 Å². The van der Waals surface area contributed by atoms with Crippen molar-refractivity contribution in [3.05, 3.63) is 68.8 Å². The normalized spacial score (nSPS) is 13.6. The quantitative estimate of drug-likeness (QED) is 0.425. The molecule has 2 aromatic heterocycles. The monoisotopic (exact) mass is 477 g/mol. The van der Waals surface area contributed by atoms with Gasteiger partial charge in [0.05, 0.1) is 34.6 Å². The molecule has 3 N–H and O–H groups in total. The number of rotatable bonds is 4. The Morgan fingerprint density at radius 2 is 2.03 bits per heavy atom. The van der Waals surface area contributed by atoms with Gasteiger partial charge in [0.2, 0.25) is 5.69 Å². The molecule has 1 aliphatic rings. The van der Waals surface area contributed by atoms with Crippen molar-refractivity contribution in [3.63, 3.8) is 0 Å². The number of aryl methyl sites for hydroxylation is 1. The van der Waals surface area contributed by atoms with Gasteiger partial charge in [-0.1, -0.05) is 17.7 Å². The molecule has 0 aliphatic carbocycles. The molecule has 1 aliphatic heterocycles. The topological polar surface area (TPSA) is 97.2 Å². The first-order chi connectivity index (χ1) is 16.4. The lowest BCUT2D eigenvalue weighted by Gasteiger charge is -2.22. The van der Waals surface area contributed by atoms with Gasteiger partial charge in [0, 0.05) is 48.9 Å². The molecule has 0 atom stereocenters. The first-order valence-corrected chi connectivity index (χ1v) is 11.2. The second-order valence-electron chi connectivity index (χ2n) is 8.22. The van der Waals surface area contributed by atoms with Crippen LogP contribution in [0.1, 0.15) is 18.5 Å². The maximum Gasteiger partial charge on any atom is 0.272 e. The van der Waals surface area contributed by atoms with Crippen molar-refractivity contribution in [2.24, 2.45) is 12.8 Å². The Bertz CT molecular complexity index is 1530. The molecular weight excluding hydrogens is 457 g/mol. The lowest BCUT2D eigenvalue weighted by molar-refractivity contribution is 0.629. The molecular formula is C24H21ClFN7O. The number of aromatic nitrogens is 4. The van der Waals surface area contributed by atoms with E-state index in [4.69, 9.17) is 23.9 Å². The van der Waals surface area contributed by atoms with Gasteiger partial charge >= 0.3 is 0 Å². The zero-order valence-corrected chi connectivity index (χ0v) is 19.2. The third-order valence-corrected chi connectivity index (χ3v) is 6.55. The SMILES string of the molecule is [C-]#[N+]c1c(N2CCCC2)cc(Cl)c(F)c1-c1c(-c2ccc3c(=O)[nH]nc(CN)c3c2)cnn1C. The number of H-pyrrole nitrogens is 1. The first kappa shape index (κ1) is 22.1. The molecule has 2 aromatic carbocycles. The molecule has 0 unspecified atom stereocenters. The predicted octanol–water partition coefficient (Wildman–Crippen LogP) is 4.39. The van der Waals surface area contributed by atoms with Crippen molar-refractivity contribution in [3.8, 4) is 22.4 Å². The van der Waals surface area contributed by atoms with Crippen LogP contribution in [0.25, 0.3) is 38.0 Å². The third-order valence-electron chi connectivity index (χ3n) is 6.28. The summed E-state index contributed by atoms with van der Waals surface area (Å²) in [5.41, 5.74) is 8.71. The molecule has 0 saturated carbocycles. The van der Waals surface area contributed by atoms with E-state index in [-0.39, 0.29) is 28.4 Å². The Balaban J connectivity index is 1.78. The largest absolute Gasteiger partial charge is 0.380 e. The molecule has 34 heavy (non-hydrogen) atoms. The van der Waals surface area contributed by atoms with Crippen LogP contribution in [-0.2, 0) is 13.6 Å². The lowest BCUT2D eigenvalue weighted by Crippen LogP contribution is -2.18. The van der Waals surface area contributed by atoms with Crippen molar-refractivity contribution in [2.75, 3.05) is 18.0 Å². The summed E-state index contributed by atoms with van der Waals surface area (Å²) >= 11 is 6.33. The number of aromatic amines is 1. The number of anilines is 1. The van der Waals surface area contributed by atoms with Gasteiger partial charge in [-0.25, -0.2) is 14.3 Å². The zero-order valence-electron chi connectivity index (χ0n) is 18.4. The van der Waals surface area contributed by atoms with E-state index < -0.39 is 5.82 Å². The van der Waals surface area contributed by atoms with Gasteiger partial charge in [0.15, 0.2) is 0 Å². The minimum atomic E-state index is -0.665. The first-order valence-electron chi connectivity index (χ1n) is 10.8. The number of fused-ring (bicyclic) bond motifs is 1. The summed E-state index contributed by atoms with van der Waals surface area (Å²) in [4.78, 5) is 18.0. The van der Waals surface area contributed by atoms with Gasteiger partial charge < -0.3 is 10.6 Å². The highest BCUT2D eigenvalue weighted by atomic mass is 35.5. The van der Waals surface area contributed by atoms with Crippen molar-refractivity contribution >= 4 is 33.7 Å². The molecule has 172 valence electrons. The summed E-state index contributed by atoms with van der Waals surface area (Å²) in [6, 6.07) is 6.78. The third kappa shape index (κ3) is 3.43. The van der Waals surface area contributed by atoms with Gasteiger partial charge in [-0.05, 0) is 36.6 Å². The fraction of sp³-hybridized carbons (Fsp3) is 0.250. The van der Waals surface area contributed by atoms with E-state index in [1.54, 1.807) is 31.4 Å². The highest BCUT2D eigenvalue weighted by Crippen LogP contribution is 2.47. The second kappa shape index (κ2) is 8.56. The minimum absolute atomic E-state index is 0.0453. The summed E-state index contributed by atoms with van der Waals surface area (Å²) < 4.78 is 17.1. The molecule has 8 nitrogen and oxygen atoms in total. The van der Waals surface area contributed by atoms with Crippen LogP contribution in [-0.4, -0.2) is 33.1 Å². The molecule has 0 amide bonds. The Hall–Kier alpha value is -3.74. The van der Waals surface area contributed by atoms with Crippen LogP contribution in [0.15, 0.2) is 35.3 Å². The van der Waals surface area contributed by atoms with E-state index in [2.05, 4.69) is 25.0 Å². The number of benzene rings is 2. The van der Waals surface area contributed by atoms with E-state index >= 15 is 4.39 Å². The number of nitrogens with one attached hydrogen (secondary N) is 1. The van der Waals surface area contributed by atoms with Crippen molar-refractivity contribution < 1.29 is 4.39 Å². The van der Waals surface area contributed by atoms with Crippen LogP contribution >= 0.6 is 11.6 Å². The summed E-state index contributed by atoms with van der Waals surface area (Å²) in [6.45, 7) is 9.60. The van der Waals surface area contributed by atoms with Gasteiger partial charge in [-0.3, -0.25) is 9.48 Å². The summed E-state index contributed by atoms with van der Waals surface area (Å²) in [5.74, 6) is -0.665. The molecule has 0 bridgehead atoms. The summed E-state index contributed by atoms with van der Waals surface area (Å²) in [7, 11) is 1.70. The van der Waals surface area contributed by atoms with Crippen molar-refractivity contribution in [2.45, 2.75) is 19.4 Å². The van der Waals surface area contributed by atoms with E-state index in [9.17, 15) is 4.79 Å². The van der Waals surface area contributed by atoms with Gasteiger partial charge in [0.25, 0.3) is 5.56 Å². The molecule has 0 spiro atoms. The van der Waals surface area contributed by atoms with Crippen molar-refractivity contribution in [1.82, 2.24) is 20.0 Å². The van der Waals surface area contributed by atoms with Crippen LogP contribution in [0.4, 0.5) is 15.8 Å². The number of hydrogen-bond donors (Lipinski definition) is 2. The Kier molecular flexibility index (Phi) is 5.55. The minimum Gasteiger partial charge on any atom is -0.380 e. The maximum absolute atomic E-state index is 15.6. The highest BCUT2D eigenvalue weighted by Gasteiger charge is 2.28. The molecule has 4 aromatic rings. The average Bonchev–Trinajstić information content (AvgIpc) is 3.51. The summed E-state index contributed by atoms with van der Waals surface area (Å²) in [6.07, 6.45) is 3.63. The molecule has 5 rings (SSSR count). The van der Waals surface area contributed by atoms with E-state index in [1.165, 1.54) is 10.7 Å². The van der Waals surface area contributed by atoms with Gasteiger partial charge in [-0.15, -0.1) is 0 Å².